The van der Waals surface area contributed by atoms with Gasteiger partial charge >= 0.3 is 6.09 Å². The maximum absolute atomic E-state index is 13.1. The van der Waals surface area contributed by atoms with Gasteiger partial charge in [0.1, 0.15) is 11.4 Å². The number of carbonyl (C=O) groups excluding carboxylic acids is 1. The van der Waals surface area contributed by atoms with Gasteiger partial charge in [0.15, 0.2) is 0 Å². The lowest BCUT2D eigenvalue weighted by atomic mass is 9.97. The first-order chi connectivity index (χ1) is 14.5. The minimum absolute atomic E-state index is 0.119. The van der Waals surface area contributed by atoms with Crippen molar-refractivity contribution < 1.29 is 22.3 Å². The van der Waals surface area contributed by atoms with Crippen LogP contribution in [0.25, 0.3) is 0 Å². The Morgan fingerprint density at radius 1 is 1.03 bits per heavy atom. The number of sulfonamides is 1. The molecule has 1 amide bonds. The zero-order valence-corrected chi connectivity index (χ0v) is 19.3. The van der Waals surface area contributed by atoms with Gasteiger partial charge in [-0.1, -0.05) is 6.08 Å². The second kappa shape index (κ2) is 9.56. The summed E-state index contributed by atoms with van der Waals surface area (Å²) in [6.07, 6.45) is 2.86. The van der Waals surface area contributed by atoms with E-state index in [0.29, 0.717) is 52.1 Å². The van der Waals surface area contributed by atoms with Crippen molar-refractivity contribution >= 4 is 21.8 Å². The van der Waals surface area contributed by atoms with Crippen LogP contribution in [0.5, 0.6) is 0 Å². The SMILES string of the molecule is CC(C)(C)OC(=O)N1CCC(C=CS(=O)(=O)N2CCN(c3ccc(F)cc3)CC2)CC1. The van der Waals surface area contributed by atoms with Crippen LogP contribution < -0.4 is 4.90 Å². The quantitative estimate of drug-likeness (QED) is 0.699. The zero-order chi connectivity index (χ0) is 22.6. The molecule has 0 N–H and O–H groups in total. The van der Waals surface area contributed by atoms with E-state index in [1.807, 2.05) is 20.8 Å². The lowest BCUT2D eigenvalue weighted by Gasteiger charge is -2.35. The summed E-state index contributed by atoms with van der Waals surface area (Å²) in [5, 5.41) is 1.31. The van der Waals surface area contributed by atoms with E-state index in [1.54, 1.807) is 23.1 Å². The maximum Gasteiger partial charge on any atom is 0.410 e. The van der Waals surface area contributed by atoms with E-state index < -0.39 is 15.6 Å². The summed E-state index contributed by atoms with van der Waals surface area (Å²) in [4.78, 5) is 15.9. The van der Waals surface area contributed by atoms with Gasteiger partial charge in [-0.15, -0.1) is 0 Å². The van der Waals surface area contributed by atoms with E-state index in [0.717, 1.165) is 5.69 Å². The average Bonchev–Trinajstić information content (AvgIpc) is 2.72. The number of amides is 1. The molecule has 1 aromatic carbocycles. The Morgan fingerprint density at radius 3 is 2.16 bits per heavy atom. The number of benzene rings is 1. The molecule has 2 aliphatic heterocycles. The molecule has 3 rings (SSSR count). The fourth-order valence-electron chi connectivity index (χ4n) is 3.75. The standard InChI is InChI=1S/C22H32FN3O4S/c1-22(2,3)30-21(27)25-11-8-18(9-12-25)10-17-31(28,29)26-15-13-24(14-16-26)20-6-4-19(23)5-7-20/h4-7,10,17-18H,8-9,11-16H2,1-3H3. The maximum atomic E-state index is 13.1. The van der Waals surface area contributed by atoms with E-state index in [2.05, 4.69) is 4.90 Å². The van der Waals surface area contributed by atoms with Gasteiger partial charge in [-0.05, 0) is 63.8 Å². The Labute approximate surface area is 184 Å². The largest absolute Gasteiger partial charge is 0.444 e. The molecule has 1 aromatic rings. The molecule has 2 fully saturated rings. The van der Waals surface area contributed by atoms with Gasteiger partial charge in [0.2, 0.25) is 10.0 Å². The molecule has 0 unspecified atom stereocenters. The number of nitrogens with zero attached hydrogens (tertiary/aromatic N) is 3. The minimum atomic E-state index is -3.49. The van der Waals surface area contributed by atoms with E-state index in [1.165, 1.54) is 21.8 Å². The third-order valence-corrected chi connectivity index (χ3v) is 7.09. The van der Waals surface area contributed by atoms with Crippen LogP contribution in [-0.2, 0) is 14.8 Å². The van der Waals surface area contributed by atoms with Crippen LogP contribution in [0.4, 0.5) is 14.9 Å². The summed E-state index contributed by atoms with van der Waals surface area (Å²) >= 11 is 0. The molecule has 0 atom stereocenters. The third kappa shape index (κ3) is 6.67. The highest BCUT2D eigenvalue weighted by Gasteiger charge is 2.28. The molecule has 7 nitrogen and oxygen atoms in total. The predicted octanol–water partition coefficient (Wildman–Crippen LogP) is 3.44. The third-order valence-electron chi connectivity index (χ3n) is 5.50. The van der Waals surface area contributed by atoms with Crippen molar-refractivity contribution in [1.29, 1.82) is 0 Å². The van der Waals surface area contributed by atoms with Crippen LogP contribution in [0, 0.1) is 11.7 Å². The second-order valence-corrected chi connectivity index (χ2v) is 10.9. The number of halogens is 1. The molecular weight excluding hydrogens is 421 g/mol. The molecule has 0 bridgehead atoms. The van der Waals surface area contributed by atoms with Gasteiger partial charge in [-0.2, -0.15) is 4.31 Å². The molecule has 0 radical (unpaired) electrons. The summed E-state index contributed by atoms with van der Waals surface area (Å²) in [7, 11) is -3.49. The molecule has 2 heterocycles. The van der Waals surface area contributed by atoms with Crippen LogP contribution in [-0.4, -0.2) is 68.6 Å². The van der Waals surface area contributed by atoms with Crippen molar-refractivity contribution in [2.24, 2.45) is 5.92 Å². The van der Waals surface area contributed by atoms with Gasteiger partial charge < -0.3 is 14.5 Å². The molecule has 0 spiro atoms. The number of hydrogen-bond donors (Lipinski definition) is 0. The monoisotopic (exact) mass is 453 g/mol. The van der Waals surface area contributed by atoms with E-state index >= 15 is 0 Å². The Kier molecular flexibility index (Phi) is 7.26. The van der Waals surface area contributed by atoms with Gasteiger partial charge in [0, 0.05) is 50.4 Å². The topological polar surface area (TPSA) is 70.2 Å². The minimum Gasteiger partial charge on any atom is -0.444 e. The fraction of sp³-hybridized carbons (Fsp3) is 0.591. The van der Waals surface area contributed by atoms with Crippen molar-refractivity contribution in [2.75, 3.05) is 44.2 Å². The number of piperazine rings is 1. The summed E-state index contributed by atoms with van der Waals surface area (Å²) in [6.45, 7) is 8.53. The highest BCUT2D eigenvalue weighted by molar-refractivity contribution is 7.92. The van der Waals surface area contributed by atoms with Gasteiger partial charge in [-0.25, -0.2) is 17.6 Å². The Bertz CT molecular complexity index is 880. The fourth-order valence-corrected chi connectivity index (χ4v) is 5.02. The summed E-state index contributed by atoms with van der Waals surface area (Å²) in [5.41, 5.74) is 0.369. The molecule has 2 saturated heterocycles. The van der Waals surface area contributed by atoms with Gasteiger partial charge in [-0.3, -0.25) is 0 Å². The van der Waals surface area contributed by atoms with Gasteiger partial charge in [0.25, 0.3) is 0 Å². The molecule has 9 heteroatoms. The van der Waals surface area contributed by atoms with Crippen LogP contribution >= 0.6 is 0 Å². The number of hydrogen-bond acceptors (Lipinski definition) is 5. The number of ether oxygens (including phenoxy) is 1. The Balaban J connectivity index is 1.48. The lowest BCUT2D eigenvalue weighted by molar-refractivity contribution is 0.0197. The molecule has 172 valence electrons. The van der Waals surface area contributed by atoms with Crippen molar-refractivity contribution in [3.8, 4) is 0 Å². The summed E-state index contributed by atoms with van der Waals surface area (Å²) in [5.74, 6) is -0.166. The normalized spacial score (nSPS) is 19.7. The number of anilines is 1. The second-order valence-electron chi connectivity index (χ2n) is 9.04. The van der Waals surface area contributed by atoms with Crippen molar-refractivity contribution in [2.45, 2.75) is 39.2 Å². The number of piperidine rings is 1. The highest BCUT2D eigenvalue weighted by atomic mass is 32.2. The van der Waals surface area contributed by atoms with Crippen molar-refractivity contribution in [3.05, 3.63) is 41.6 Å². The molecule has 2 aliphatic rings. The lowest BCUT2D eigenvalue weighted by Crippen LogP contribution is -2.48. The Morgan fingerprint density at radius 2 is 1.61 bits per heavy atom. The summed E-state index contributed by atoms with van der Waals surface area (Å²) < 4.78 is 45.4. The summed E-state index contributed by atoms with van der Waals surface area (Å²) in [6, 6.07) is 6.25. The van der Waals surface area contributed by atoms with Crippen LogP contribution in [0.15, 0.2) is 35.7 Å². The smallest absolute Gasteiger partial charge is 0.410 e. The number of carbonyl (C=O) groups is 1. The van der Waals surface area contributed by atoms with E-state index in [4.69, 9.17) is 4.74 Å². The molecule has 31 heavy (non-hydrogen) atoms. The molecule has 0 saturated carbocycles. The van der Waals surface area contributed by atoms with Crippen molar-refractivity contribution in [3.63, 3.8) is 0 Å². The van der Waals surface area contributed by atoms with E-state index in [9.17, 15) is 17.6 Å². The molecular formula is C22H32FN3O4S. The number of allylic oxidation sites excluding steroid dienone is 1. The first-order valence-electron chi connectivity index (χ1n) is 10.7. The molecule has 0 aliphatic carbocycles. The number of likely N-dealkylation sites (tertiary alicyclic amines) is 1. The van der Waals surface area contributed by atoms with Gasteiger partial charge in [0.05, 0.1) is 0 Å². The zero-order valence-electron chi connectivity index (χ0n) is 18.5. The first-order valence-corrected chi connectivity index (χ1v) is 12.2. The van der Waals surface area contributed by atoms with Crippen LogP contribution in [0.1, 0.15) is 33.6 Å². The highest BCUT2D eigenvalue weighted by Crippen LogP contribution is 2.22. The molecule has 0 aromatic heterocycles. The first kappa shape index (κ1) is 23.5. The predicted molar refractivity (Wildman–Crippen MR) is 119 cm³/mol. The van der Waals surface area contributed by atoms with Crippen LogP contribution in [0.3, 0.4) is 0 Å². The van der Waals surface area contributed by atoms with E-state index in [-0.39, 0.29) is 17.8 Å². The Hall–Kier alpha value is -2.13. The van der Waals surface area contributed by atoms with Crippen LogP contribution in [0.2, 0.25) is 0 Å². The number of rotatable bonds is 4. The average molecular weight is 454 g/mol. The van der Waals surface area contributed by atoms with Crippen molar-refractivity contribution in [1.82, 2.24) is 9.21 Å².